The Hall–Kier alpha value is -2.20. The Labute approximate surface area is 130 Å². The number of carbonyl (C=O) groups excluding carboxylic acids is 1. The zero-order valence-electron chi connectivity index (χ0n) is 13.0. The Morgan fingerprint density at radius 2 is 1.73 bits per heavy atom. The molecule has 22 heavy (non-hydrogen) atoms. The topological polar surface area (TPSA) is 32.3 Å². The fourth-order valence-electron chi connectivity index (χ4n) is 2.27. The van der Waals surface area contributed by atoms with Gasteiger partial charge in [-0.3, -0.25) is 9.69 Å². The van der Waals surface area contributed by atoms with E-state index in [9.17, 15) is 9.18 Å². The average Bonchev–Trinajstić information content (AvgIpc) is 2.49. The largest absolute Gasteiger partial charge is 0.351 e. The number of rotatable bonds is 6. The molecule has 0 fully saturated rings. The molecule has 0 saturated carbocycles. The van der Waals surface area contributed by atoms with Gasteiger partial charge in [0.1, 0.15) is 5.82 Å². The van der Waals surface area contributed by atoms with Gasteiger partial charge in [-0.2, -0.15) is 0 Å². The van der Waals surface area contributed by atoms with Crippen LogP contribution in [0.25, 0.3) is 0 Å². The number of carbonyl (C=O) groups is 1. The Balaban J connectivity index is 1.82. The quantitative estimate of drug-likeness (QED) is 0.889. The Morgan fingerprint density at radius 1 is 1.09 bits per heavy atom. The van der Waals surface area contributed by atoms with E-state index < -0.39 is 0 Å². The van der Waals surface area contributed by atoms with Crippen LogP contribution >= 0.6 is 0 Å². The van der Waals surface area contributed by atoms with Crippen LogP contribution in [-0.4, -0.2) is 24.4 Å². The van der Waals surface area contributed by atoms with Gasteiger partial charge in [-0.05, 0) is 31.2 Å². The molecule has 3 nitrogen and oxygen atoms in total. The third-order valence-corrected chi connectivity index (χ3v) is 3.55. The first-order valence-electron chi connectivity index (χ1n) is 7.29. The van der Waals surface area contributed by atoms with Gasteiger partial charge in [-0.25, -0.2) is 4.39 Å². The summed E-state index contributed by atoms with van der Waals surface area (Å²) in [6, 6.07) is 14.6. The van der Waals surface area contributed by atoms with Gasteiger partial charge in [-0.1, -0.05) is 42.5 Å². The standard InChI is InChI=1S/C18H21FN2O/c1-14-7-3-4-9-16(14)12-21(2)13-18(22)20-11-15-8-5-6-10-17(15)19/h3-10H,11-13H2,1-2H3,(H,20,22). The molecule has 2 aromatic carbocycles. The molecule has 1 amide bonds. The number of halogens is 1. The second-order valence-electron chi connectivity index (χ2n) is 5.47. The maximum absolute atomic E-state index is 13.5. The molecule has 0 radical (unpaired) electrons. The van der Waals surface area contributed by atoms with E-state index in [1.54, 1.807) is 18.2 Å². The Bertz CT molecular complexity index is 642. The molecule has 116 valence electrons. The van der Waals surface area contributed by atoms with Gasteiger partial charge in [0.2, 0.25) is 5.91 Å². The lowest BCUT2D eigenvalue weighted by Crippen LogP contribution is -2.34. The second kappa shape index (κ2) is 7.71. The van der Waals surface area contributed by atoms with Gasteiger partial charge < -0.3 is 5.32 Å². The smallest absolute Gasteiger partial charge is 0.234 e. The van der Waals surface area contributed by atoms with Crippen LogP contribution in [0.4, 0.5) is 4.39 Å². The molecular formula is C18H21FN2O. The van der Waals surface area contributed by atoms with Gasteiger partial charge in [-0.15, -0.1) is 0 Å². The molecule has 0 bridgehead atoms. The summed E-state index contributed by atoms with van der Waals surface area (Å²) in [7, 11) is 1.90. The van der Waals surface area contributed by atoms with Gasteiger partial charge in [0.25, 0.3) is 0 Å². The maximum Gasteiger partial charge on any atom is 0.234 e. The highest BCUT2D eigenvalue weighted by atomic mass is 19.1. The number of nitrogens with one attached hydrogen (secondary N) is 1. The lowest BCUT2D eigenvalue weighted by molar-refractivity contribution is -0.122. The van der Waals surface area contributed by atoms with Crippen molar-refractivity contribution in [2.75, 3.05) is 13.6 Å². The Morgan fingerprint density at radius 3 is 2.41 bits per heavy atom. The van der Waals surface area contributed by atoms with Crippen molar-refractivity contribution in [3.63, 3.8) is 0 Å². The highest BCUT2D eigenvalue weighted by molar-refractivity contribution is 5.77. The van der Waals surface area contributed by atoms with Crippen molar-refractivity contribution < 1.29 is 9.18 Å². The highest BCUT2D eigenvalue weighted by Gasteiger charge is 2.09. The number of hydrogen-bond donors (Lipinski definition) is 1. The van der Waals surface area contributed by atoms with Crippen LogP contribution in [0.15, 0.2) is 48.5 Å². The van der Waals surface area contributed by atoms with E-state index in [4.69, 9.17) is 0 Å². The van der Waals surface area contributed by atoms with Crippen molar-refractivity contribution in [1.29, 1.82) is 0 Å². The molecule has 0 aliphatic heterocycles. The van der Waals surface area contributed by atoms with Crippen molar-refractivity contribution in [2.24, 2.45) is 0 Å². The number of nitrogens with zero attached hydrogens (tertiary/aromatic N) is 1. The third-order valence-electron chi connectivity index (χ3n) is 3.55. The number of benzene rings is 2. The normalized spacial score (nSPS) is 10.7. The number of likely N-dealkylation sites (N-methyl/N-ethyl adjacent to an activating group) is 1. The summed E-state index contributed by atoms with van der Waals surface area (Å²) in [4.78, 5) is 13.9. The summed E-state index contributed by atoms with van der Waals surface area (Å²) in [5.74, 6) is -0.407. The molecule has 0 unspecified atom stereocenters. The minimum atomic E-state index is -0.295. The number of hydrogen-bond acceptors (Lipinski definition) is 2. The van der Waals surface area contributed by atoms with Crippen LogP contribution in [0.2, 0.25) is 0 Å². The zero-order valence-corrected chi connectivity index (χ0v) is 13.0. The molecule has 0 aliphatic carbocycles. The van der Waals surface area contributed by atoms with Gasteiger partial charge in [0, 0.05) is 18.7 Å². The van der Waals surface area contributed by atoms with Crippen molar-refractivity contribution in [3.8, 4) is 0 Å². The lowest BCUT2D eigenvalue weighted by atomic mass is 10.1. The van der Waals surface area contributed by atoms with Crippen LogP contribution in [0, 0.1) is 12.7 Å². The minimum Gasteiger partial charge on any atom is -0.351 e. The number of amides is 1. The van der Waals surface area contributed by atoms with Crippen LogP contribution in [-0.2, 0) is 17.9 Å². The fourth-order valence-corrected chi connectivity index (χ4v) is 2.27. The molecule has 2 rings (SSSR count). The molecule has 0 atom stereocenters. The molecule has 0 spiro atoms. The summed E-state index contributed by atoms with van der Waals surface area (Å²) in [6.07, 6.45) is 0. The van der Waals surface area contributed by atoms with Crippen molar-refractivity contribution >= 4 is 5.91 Å². The van der Waals surface area contributed by atoms with Gasteiger partial charge >= 0.3 is 0 Å². The van der Waals surface area contributed by atoms with E-state index in [0.29, 0.717) is 12.1 Å². The van der Waals surface area contributed by atoms with E-state index >= 15 is 0 Å². The summed E-state index contributed by atoms with van der Waals surface area (Å²) < 4.78 is 13.5. The van der Waals surface area contributed by atoms with Crippen LogP contribution in [0.3, 0.4) is 0 Å². The SMILES string of the molecule is Cc1ccccc1CN(C)CC(=O)NCc1ccccc1F. The molecule has 2 aromatic rings. The van der Waals surface area contributed by atoms with E-state index in [1.807, 2.05) is 24.1 Å². The van der Waals surface area contributed by atoms with Crippen LogP contribution in [0.5, 0.6) is 0 Å². The van der Waals surface area contributed by atoms with E-state index in [1.165, 1.54) is 17.2 Å². The predicted octanol–water partition coefficient (Wildman–Crippen LogP) is 2.88. The summed E-state index contributed by atoms with van der Waals surface area (Å²) in [5, 5.41) is 2.75. The van der Waals surface area contributed by atoms with Crippen molar-refractivity contribution in [2.45, 2.75) is 20.0 Å². The monoisotopic (exact) mass is 300 g/mol. The van der Waals surface area contributed by atoms with Crippen LogP contribution < -0.4 is 5.32 Å². The molecule has 1 N–H and O–H groups in total. The molecule has 4 heteroatoms. The lowest BCUT2D eigenvalue weighted by Gasteiger charge is -2.17. The maximum atomic E-state index is 13.5. The first kappa shape index (κ1) is 16.2. The van der Waals surface area contributed by atoms with Gasteiger partial charge in [0.05, 0.1) is 6.54 Å². The summed E-state index contributed by atoms with van der Waals surface area (Å²) in [5.41, 5.74) is 2.91. The second-order valence-corrected chi connectivity index (χ2v) is 5.47. The molecule has 0 heterocycles. The van der Waals surface area contributed by atoms with Crippen molar-refractivity contribution in [3.05, 3.63) is 71.0 Å². The van der Waals surface area contributed by atoms with E-state index in [0.717, 1.165) is 0 Å². The average molecular weight is 300 g/mol. The number of aryl methyl sites for hydroxylation is 1. The summed E-state index contributed by atoms with van der Waals surface area (Å²) in [6.45, 7) is 3.26. The van der Waals surface area contributed by atoms with Gasteiger partial charge in [0.15, 0.2) is 0 Å². The van der Waals surface area contributed by atoms with Crippen molar-refractivity contribution in [1.82, 2.24) is 10.2 Å². The Kier molecular flexibility index (Phi) is 5.67. The van der Waals surface area contributed by atoms with E-state index in [-0.39, 0.29) is 24.8 Å². The van der Waals surface area contributed by atoms with Crippen LogP contribution in [0.1, 0.15) is 16.7 Å². The zero-order chi connectivity index (χ0) is 15.9. The minimum absolute atomic E-state index is 0.112. The molecule has 0 aliphatic rings. The van der Waals surface area contributed by atoms with E-state index in [2.05, 4.69) is 24.4 Å². The summed E-state index contributed by atoms with van der Waals surface area (Å²) >= 11 is 0. The first-order chi connectivity index (χ1) is 10.6. The predicted molar refractivity (Wildman–Crippen MR) is 85.8 cm³/mol. The first-order valence-corrected chi connectivity index (χ1v) is 7.29. The fraction of sp³-hybridized carbons (Fsp3) is 0.278. The molecule has 0 aromatic heterocycles. The molecular weight excluding hydrogens is 279 g/mol. The molecule has 0 saturated heterocycles. The highest BCUT2D eigenvalue weighted by Crippen LogP contribution is 2.09. The third kappa shape index (κ3) is 4.67.